The molecule has 0 atom stereocenters. The van der Waals surface area contributed by atoms with Gasteiger partial charge in [-0.25, -0.2) is 4.79 Å². The fraction of sp³-hybridized carbons (Fsp3) is 0.720. The van der Waals surface area contributed by atoms with E-state index in [2.05, 4.69) is 107 Å². The van der Waals surface area contributed by atoms with E-state index in [4.69, 9.17) is 8.85 Å². The molecule has 1 aromatic rings. The van der Waals surface area contributed by atoms with Crippen LogP contribution in [-0.2, 0) is 4.43 Å². The molecule has 0 fully saturated rings. The summed E-state index contributed by atoms with van der Waals surface area (Å²) in [5, 5.41) is 0.163. The molecule has 184 valence electrons. The first-order valence-corrected chi connectivity index (χ1v) is 20.6. The molecule has 0 saturated carbocycles. The van der Waals surface area contributed by atoms with Crippen LogP contribution >= 0.6 is 0 Å². The largest absolute Gasteiger partial charge is 0.543 e. The van der Waals surface area contributed by atoms with Crippen LogP contribution < -0.4 is 9.41 Å². The number of rotatable bonds is 6. The first kappa shape index (κ1) is 29.0. The Hall–Kier alpha value is -1.06. The summed E-state index contributed by atoms with van der Waals surface area (Å²) in [7, 11) is -6.17. The number of nitrogens with one attached hydrogen (secondary N) is 1. The molecule has 0 aliphatic carbocycles. The maximum absolute atomic E-state index is 13.4. The Morgan fingerprint density at radius 2 is 1.22 bits per heavy atom. The second-order valence-electron chi connectivity index (χ2n) is 13.7. The Bertz CT molecular complexity index is 826. The number of hydrogen-bond donors (Lipinski definition) is 1. The minimum absolute atomic E-state index is 0.0243. The Kier molecular flexibility index (Phi) is 8.10. The maximum atomic E-state index is 13.4. The Balaban J connectivity index is 3.49. The monoisotopic (exact) mass is 495 g/mol. The summed E-state index contributed by atoms with van der Waals surface area (Å²) < 4.78 is 12.8. The highest BCUT2D eigenvalue weighted by Gasteiger charge is 2.43. The zero-order valence-corrected chi connectivity index (χ0v) is 26.5. The van der Waals surface area contributed by atoms with E-state index in [1.165, 1.54) is 0 Å². The van der Waals surface area contributed by atoms with Crippen LogP contribution in [0.5, 0.6) is 5.75 Å². The SMILES string of the molecule is CC(C)(C)[Si](C)(C)Nc1ccc(C(=O)O[Si](C)(C)C(C)(C)C)c(O[Si](C)(C)C(C)(C)C)c1. The van der Waals surface area contributed by atoms with E-state index in [-0.39, 0.29) is 21.1 Å². The second kappa shape index (κ2) is 8.95. The molecule has 0 aliphatic rings. The molecule has 1 aromatic carbocycles. The summed E-state index contributed by atoms with van der Waals surface area (Å²) in [6, 6.07) is 5.90. The lowest BCUT2D eigenvalue weighted by atomic mass is 10.2. The van der Waals surface area contributed by atoms with Gasteiger partial charge in [0.05, 0.1) is 5.56 Å². The molecule has 0 bridgehead atoms. The number of hydrogen-bond acceptors (Lipinski definition) is 4. The topological polar surface area (TPSA) is 47.6 Å². The zero-order chi connectivity index (χ0) is 25.6. The Morgan fingerprint density at radius 1 is 0.750 bits per heavy atom. The minimum atomic E-state index is -2.25. The van der Waals surface area contributed by atoms with Gasteiger partial charge >= 0.3 is 5.97 Å². The molecule has 0 aliphatic heterocycles. The van der Waals surface area contributed by atoms with Crippen LogP contribution in [0.2, 0.25) is 54.4 Å². The van der Waals surface area contributed by atoms with Crippen LogP contribution in [0.1, 0.15) is 72.7 Å². The van der Waals surface area contributed by atoms with Gasteiger partial charge in [-0.05, 0) is 53.4 Å². The Morgan fingerprint density at radius 3 is 1.62 bits per heavy atom. The highest BCUT2D eigenvalue weighted by atomic mass is 28.4. The molecule has 0 radical (unpaired) electrons. The van der Waals surface area contributed by atoms with Gasteiger partial charge in [0.25, 0.3) is 16.6 Å². The van der Waals surface area contributed by atoms with Gasteiger partial charge in [0.1, 0.15) is 5.75 Å². The third kappa shape index (κ3) is 6.73. The lowest BCUT2D eigenvalue weighted by molar-refractivity contribution is 0.0710. The lowest BCUT2D eigenvalue weighted by Crippen LogP contribution is -2.46. The van der Waals surface area contributed by atoms with Crippen LogP contribution in [0.25, 0.3) is 0 Å². The van der Waals surface area contributed by atoms with E-state index < -0.39 is 24.9 Å². The van der Waals surface area contributed by atoms with Gasteiger partial charge in [-0.1, -0.05) is 75.4 Å². The molecule has 32 heavy (non-hydrogen) atoms. The Labute approximate surface area is 201 Å². The summed E-state index contributed by atoms with van der Waals surface area (Å²) in [5.41, 5.74) is 1.54. The van der Waals surface area contributed by atoms with Gasteiger partial charge < -0.3 is 13.8 Å². The molecule has 7 heteroatoms. The van der Waals surface area contributed by atoms with E-state index in [0.29, 0.717) is 11.3 Å². The molecule has 0 saturated heterocycles. The van der Waals surface area contributed by atoms with Gasteiger partial charge in [0.2, 0.25) is 0 Å². The van der Waals surface area contributed by atoms with Gasteiger partial charge in [-0.15, -0.1) is 0 Å². The third-order valence-corrected chi connectivity index (χ3v) is 21.2. The molecular formula is C25H49NO3Si3. The molecule has 4 nitrogen and oxygen atoms in total. The van der Waals surface area contributed by atoms with Crippen molar-refractivity contribution in [2.45, 2.75) is 117 Å². The van der Waals surface area contributed by atoms with Gasteiger partial charge in [0, 0.05) is 11.8 Å². The average Bonchev–Trinajstić information content (AvgIpc) is 2.50. The predicted molar refractivity (Wildman–Crippen MR) is 148 cm³/mol. The number of anilines is 1. The molecule has 1 rings (SSSR count). The fourth-order valence-corrected chi connectivity index (χ4v) is 5.43. The van der Waals surface area contributed by atoms with Crippen molar-refractivity contribution in [1.29, 1.82) is 0 Å². The summed E-state index contributed by atoms with van der Waals surface area (Å²) >= 11 is 0. The highest BCUT2D eigenvalue weighted by molar-refractivity contribution is 6.83. The second-order valence-corrected chi connectivity index (χ2v) is 28.2. The minimum Gasteiger partial charge on any atom is -0.543 e. The quantitative estimate of drug-likeness (QED) is 0.401. The molecule has 0 aromatic heterocycles. The third-order valence-electron chi connectivity index (χ3n) is 7.86. The van der Waals surface area contributed by atoms with E-state index in [1.54, 1.807) is 0 Å². The first-order chi connectivity index (χ1) is 13.9. The van der Waals surface area contributed by atoms with Crippen LogP contribution in [0.15, 0.2) is 18.2 Å². The van der Waals surface area contributed by atoms with Crippen molar-refractivity contribution in [3.05, 3.63) is 23.8 Å². The molecule has 0 spiro atoms. The van der Waals surface area contributed by atoms with Crippen LogP contribution in [0.3, 0.4) is 0 Å². The number of carbonyl (C=O) groups is 1. The van der Waals surface area contributed by atoms with Crippen molar-refractivity contribution in [3.8, 4) is 5.75 Å². The normalized spacial score (nSPS) is 14.2. The fourth-order valence-electron chi connectivity index (χ4n) is 2.27. The predicted octanol–water partition coefficient (Wildman–Crippen LogP) is 8.65. The molecule has 1 N–H and O–H groups in total. The van der Waals surface area contributed by atoms with Gasteiger partial charge in [-0.2, -0.15) is 0 Å². The van der Waals surface area contributed by atoms with E-state index in [0.717, 1.165) is 5.69 Å². The van der Waals surface area contributed by atoms with Crippen molar-refractivity contribution >= 4 is 36.5 Å². The average molecular weight is 496 g/mol. The lowest BCUT2D eigenvalue weighted by Gasteiger charge is -2.39. The molecular weight excluding hydrogens is 447 g/mol. The van der Waals surface area contributed by atoms with Crippen LogP contribution in [0, 0.1) is 0 Å². The summed E-state index contributed by atoms with van der Waals surface area (Å²) in [6.07, 6.45) is 0. The van der Waals surface area contributed by atoms with Crippen LogP contribution in [0.4, 0.5) is 5.69 Å². The summed E-state index contributed by atoms with van der Waals surface area (Å²) in [4.78, 5) is 17.1. The molecule has 0 amide bonds. The molecule has 0 heterocycles. The maximum Gasteiger partial charge on any atom is 0.328 e. The number of carbonyl (C=O) groups excluding carboxylic acids is 1. The van der Waals surface area contributed by atoms with E-state index >= 15 is 0 Å². The van der Waals surface area contributed by atoms with Crippen molar-refractivity contribution in [3.63, 3.8) is 0 Å². The van der Waals surface area contributed by atoms with E-state index in [9.17, 15) is 4.79 Å². The molecule has 0 unspecified atom stereocenters. The standard InChI is InChI=1S/C25H49NO3Si3/c1-23(2,3)30(10,11)26-19-16-17-20(22(27)29-32(14,15)25(7,8)9)21(18-19)28-31(12,13)24(4,5)6/h16-18,26H,1-15H3. The summed E-state index contributed by atoms with van der Waals surface area (Å²) in [5.74, 6) is 0.369. The first-order valence-electron chi connectivity index (χ1n) is 11.8. The smallest absolute Gasteiger partial charge is 0.328 e. The zero-order valence-electron chi connectivity index (χ0n) is 23.5. The van der Waals surface area contributed by atoms with Crippen molar-refractivity contribution in [2.75, 3.05) is 4.98 Å². The highest BCUT2D eigenvalue weighted by Crippen LogP contribution is 2.42. The van der Waals surface area contributed by atoms with Crippen LogP contribution in [-0.4, -0.2) is 30.8 Å². The summed E-state index contributed by atoms with van der Waals surface area (Å²) in [6.45, 7) is 33.2. The van der Waals surface area contributed by atoms with Crippen molar-refractivity contribution < 1.29 is 13.6 Å². The number of benzene rings is 1. The van der Waals surface area contributed by atoms with Gasteiger partial charge in [-0.3, -0.25) is 0 Å². The van der Waals surface area contributed by atoms with Crippen molar-refractivity contribution in [1.82, 2.24) is 0 Å². The van der Waals surface area contributed by atoms with E-state index in [1.807, 2.05) is 18.2 Å². The van der Waals surface area contributed by atoms with Gasteiger partial charge in [0.15, 0.2) is 8.24 Å². The van der Waals surface area contributed by atoms with Crippen molar-refractivity contribution in [2.24, 2.45) is 0 Å².